The van der Waals surface area contributed by atoms with Crippen LogP contribution in [-0.4, -0.2) is 45.4 Å². The molecule has 0 rings (SSSR count). The third kappa shape index (κ3) is 3.65. The molecule has 0 saturated heterocycles. The van der Waals surface area contributed by atoms with Gasteiger partial charge in [-0.15, -0.1) is 0 Å². The van der Waals surface area contributed by atoms with Crippen LogP contribution < -0.4 is 0 Å². The molecule has 18 valence electrons. The molecule has 0 N–H and O–H groups in total. The van der Waals surface area contributed by atoms with Gasteiger partial charge in [0, 0.05) is 0 Å². The summed E-state index contributed by atoms with van der Waals surface area (Å²) < 4.78 is 0. The first-order valence-corrected chi connectivity index (χ1v) is 6.96. The molecule has 0 heterocycles. The Morgan fingerprint density at radius 2 is 2.25 bits per heavy atom. The van der Waals surface area contributed by atoms with Gasteiger partial charge in [0.2, 0.25) is 0 Å². The first-order valence-electron chi connectivity index (χ1n) is 0.754. The quantitative estimate of drug-likeness (QED) is 0.401. The molecule has 0 bridgehead atoms. The molecule has 4 heavy (non-hydrogen) atoms. The van der Waals surface area contributed by atoms with Crippen LogP contribution in [0.25, 0.3) is 0 Å². The van der Waals surface area contributed by atoms with Gasteiger partial charge in [0.25, 0.3) is 0 Å². The average Bonchev–Trinajstić information content (AvgIpc) is 1.37. The molecule has 0 aliphatic rings. The molecule has 0 aromatic heterocycles. The normalized spacial score (nSPS) is 6.25. The van der Waals surface area contributed by atoms with Gasteiger partial charge in [0.1, 0.15) is 0 Å². The summed E-state index contributed by atoms with van der Waals surface area (Å²) in [4.78, 5) is 2.01. The molecular formula is CFeKN. The Labute approximate surface area is 59.6 Å². The summed E-state index contributed by atoms with van der Waals surface area (Å²) in [6.45, 7) is 0. The van der Waals surface area contributed by atoms with Crippen molar-refractivity contribution in [1.82, 2.24) is 0 Å². The second kappa shape index (κ2) is 4.65. The zero-order valence-corrected chi connectivity index (χ0v) is 6.53. The van der Waals surface area contributed by atoms with Crippen molar-refractivity contribution in [3.05, 3.63) is 0 Å². The van der Waals surface area contributed by atoms with Gasteiger partial charge in [-0.25, -0.2) is 0 Å². The van der Waals surface area contributed by atoms with Crippen LogP contribution >= 0.6 is 0 Å². The number of nitriles is 1. The van der Waals surface area contributed by atoms with Crippen molar-refractivity contribution in [3.63, 3.8) is 0 Å². The molecule has 0 atom stereocenters. The Morgan fingerprint density at radius 1 is 2.00 bits per heavy atom. The van der Waals surface area contributed by atoms with Crippen molar-refractivity contribution in [2.75, 3.05) is 0 Å². The second-order valence-electron chi connectivity index (χ2n) is 0.256. The fraction of sp³-hybridized carbons (Fsp3) is 0. The molecular weight excluding hydrogens is 121 g/mol. The minimum absolute atomic E-state index is 0.752. The van der Waals surface area contributed by atoms with Gasteiger partial charge in [-0.3, -0.25) is 0 Å². The molecule has 0 unspecified atom stereocenters. The van der Waals surface area contributed by atoms with Crippen LogP contribution in [0.4, 0.5) is 0 Å². The molecule has 0 aromatic carbocycles. The second-order valence-corrected chi connectivity index (χ2v) is 3.33. The molecule has 0 radical (unpaired) electrons. The van der Waals surface area contributed by atoms with Gasteiger partial charge in [-0.05, 0) is 0 Å². The molecule has 0 spiro atoms. The van der Waals surface area contributed by atoms with E-state index >= 15 is 0 Å². The van der Waals surface area contributed by atoms with Crippen molar-refractivity contribution in [1.29, 1.82) is 5.26 Å². The first-order chi connectivity index (χ1) is 1.91. The van der Waals surface area contributed by atoms with Crippen molar-refractivity contribution >= 4 is 45.4 Å². The number of nitrogens with zero attached hydrogens (tertiary/aromatic N) is 1. The zero-order chi connectivity index (χ0) is 3.41. The van der Waals surface area contributed by atoms with E-state index in [9.17, 15) is 0 Å². The van der Waals surface area contributed by atoms with E-state index in [2.05, 4.69) is 0 Å². The standard InChI is InChI=1S/CN.Fe.K/c1-2;;. The average molecular weight is 121 g/mol. The summed E-state index contributed by atoms with van der Waals surface area (Å²) in [6, 6.07) is 0. The monoisotopic (exact) mass is 121 g/mol. The van der Waals surface area contributed by atoms with E-state index in [0.717, 1.165) is 51.0 Å². The van der Waals surface area contributed by atoms with E-state index in [1.165, 1.54) is 0 Å². The van der Waals surface area contributed by atoms with Crippen molar-refractivity contribution in [2.45, 2.75) is 0 Å². The van der Waals surface area contributed by atoms with Crippen LogP contribution in [0.3, 0.4) is 0 Å². The van der Waals surface area contributed by atoms with Crippen LogP contribution in [0.2, 0.25) is 0 Å². The van der Waals surface area contributed by atoms with Gasteiger partial charge in [0.15, 0.2) is 0 Å². The van der Waals surface area contributed by atoms with E-state index in [0.29, 0.717) is 0 Å². The molecule has 0 saturated carbocycles. The SMILES string of the molecule is N#[C][Fe][K]. The van der Waals surface area contributed by atoms with E-state index in [1.807, 2.05) is 4.97 Å². The predicted octanol–water partition coefficient (Wildman–Crippen LogP) is -0.367. The van der Waals surface area contributed by atoms with Gasteiger partial charge in [-0.2, -0.15) is 0 Å². The van der Waals surface area contributed by atoms with Gasteiger partial charge in [0.05, 0.1) is 0 Å². The summed E-state index contributed by atoms with van der Waals surface area (Å²) in [5.74, 6) is 0. The van der Waals surface area contributed by atoms with Crippen LogP contribution in [0.1, 0.15) is 0 Å². The molecule has 1 nitrogen and oxygen atoms in total. The van der Waals surface area contributed by atoms with E-state index in [-0.39, 0.29) is 0 Å². The molecule has 3 heteroatoms. The number of hydrogen-bond donors (Lipinski definition) is 0. The van der Waals surface area contributed by atoms with Gasteiger partial charge in [-0.1, -0.05) is 0 Å². The van der Waals surface area contributed by atoms with Crippen LogP contribution in [0, 0.1) is 10.2 Å². The Balaban J connectivity index is 2.43. The van der Waals surface area contributed by atoms with Crippen LogP contribution in [0.15, 0.2) is 0 Å². The van der Waals surface area contributed by atoms with E-state index in [4.69, 9.17) is 5.26 Å². The first kappa shape index (κ1) is 5.65. The molecule has 0 aromatic rings. The number of hydrogen-bond acceptors (Lipinski definition) is 1. The Hall–Kier alpha value is 1.65. The minimum atomic E-state index is 0.752. The van der Waals surface area contributed by atoms with Gasteiger partial charge >= 0.3 is 61.2 Å². The topological polar surface area (TPSA) is 23.8 Å². The Morgan fingerprint density at radius 3 is 2.25 bits per heavy atom. The summed E-state index contributed by atoms with van der Waals surface area (Å²) in [5.41, 5.74) is 0.812. The Bertz CT molecular complexity index is 37.8. The molecule has 0 amide bonds. The van der Waals surface area contributed by atoms with Crippen molar-refractivity contribution in [3.8, 4) is 4.97 Å². The van der Waals surface area contributed by atoms with Gasteiger partial charge < -0.3 is 0 Å². The van der Waals surface area contributed by atoms with Crippen LogP contribution in [0.5, 0.6) is 0 Å². The molecule has 0 fully saturated rings. The van der Waals surface area contributed by atoms with Crippen molar-refractivity contribution < 1.29 is 5.60 Å². The molecule has 0 aliphatic carbocycles. The summed E-state index contributed by atoms with van der Waals surface area (Å²) in [7, 11) is 0. The fourth-order valence-electron chi connectivity index (χ4n) is 0. The Kier molecular flexibility index (Phi) is 6.56. The summed E-state index contributed by atoms with van der Waals surface area (Å²) in [5, 5.41) is 7.67. The zero-order valence-electron chi connectivity index (χ0n) is 2.30. The van der Waals surface area contributed by atoms with E-state index < -0.39 is 0 Å². The van der Waals surface area contributed by atoms with Crippen molar-refractivity contribution in [2.24, 2.45) is 0 Å². The van der Waals surface area contributed by atoms with Crippen LogP contribution in [-0.2, 0) is 5.60 Å². The fourth-order valence-corrected chi connectivity index (χ4v) is 0. The maximum atomic E-state index is 7.67. The maximum absolute atomic E-state index is 7.67. The third-order valence-electron chi connectivity index (χ3n) is 0.0791. The number of rotatable bonds is 0. The summed E-state index contributed by atoms with van der Waals surface area (Å²) >= 11 is 0.752. The predicted molar refractivity (Wildman–Crippen MR) is 11.4 cm³/mol. The molecule has 0 aliphatic heterocycles. The summed E-state index contributed by atoms with van der Waals surface area (Å²) in [6.07, 6.45) is 0. The third-order valence-corrected chi connectivity index (χ3v) is 1.34. The van der Waals surface area contributed by atoms with E-state index in [1.54, 1.807) is 0 Å².